The lowest BCUT2D eigenvalue weighted by atomic mass is 10.1. The lowest BCUT2D eigenvalue weighted by Gasteiger charge is -2.09. The van der Waals surface area contributed by atoms with Crippen molar-refractivity contribution < 1.29 is 13.2 Å². The van der Waals surface area contributed by atoms with E-state index in [1.807, 2.05) is 19.1 Å². The van der Waals surface area contributed by atoms with Crippen LogP contribution in [0.2, 0.25) is 0 Å². The van der Waals surface area contributed by atoms with Crippen LogP contribution in [0.4, 0.5) is 0 Å². The van der Waals surface area contributed by atoms with Gasteiger partial charge in [-0.2, -0.15) is 0 Å². The molecule has 3 rings (SSSR count). The second kappa shape index (κ2) is 4.93. The van der Waals surface area contributed by atoms with Gasteiger partial charge in [-0.1, -0.05) is 18.2 Å². The molecule has 0 unspecified atom stereocenters. The Morgan fingerprint density at radius 1 is 1.05 bits per heavy atom. The van der Waals surface area contributed by atoms with Crippen LogP contribution in [0.5, 0.6) is 5.75 Å². The Kier molecular flexibility index (Phi) is 3.22. The number of aromatic nitrogens is 1. The Hall–Kier alpha value is -2.27. The third-order valence-corrected chi connectivity index (χ3v) is 5.19. The molecule has 0 spiro atoms. The van der Waals surface area contributed by atoms with Gasteiger partial charge in [0, 0.05) is 17.6 Å². The first-order chi connectivity index (χ1) is 10.0. The Morgan fingerprint density at radius 3 is 2.43 bits per heavy atom. The highest BCUT2D eigenvalue weighted by Gasteiger charge is 2.19. The van der Waals surface area contributed by atoms with Gasteiger partial charge in [-0.05, 0) is 36.8 Å². The van der Waals surface area contributed by atoms with Crippen LogP contribution < -0.4 is 4.74 Å². The first-order valence-corrected chi connectivity index (χ1v) is 7.94. The smallest absolute Gasteiger partial charge is 0.268 e. The van der Waals surface area contributed by atoms with E-state index in [1.54, 1.807) is 49.7 Å². The lowest BCUT2D eigenvalue weighted by Crippen LogP contribution is -2.11. The molecule has 0 saturated carbocycles. The van der Waals surface area contributed by atoms with Crippen LogP contribution >= 0.6 is 0 Å². The van der Waals surface area contributed by atoms with Crippen molar-refractivity contribution in [3.63, 3.8) is 0 Å². The van der Waals surface area contributed by atoms with Gasteiger partial charge in [-0.3, -0.25) is 0 Å². The van der Waals surface area contributed by atoms with Crippen LogP contribution in [0, 0.1) is 6.92 Å². The van der Waals surface area contributed by atoms with Crippen molar-refractivity contribution in [1.29, 1.82) is 0 Å². The molecule has 1 heterocycles. The summed E-state index contributed by atoms with van der Waals surface area (Å²) in [4.78, 5) is 0.267. The highest BCUT2D eigenvalue weighted by atomic mass is 32.2. The summed E-state index contributed by atoms with van der Waals surface area (Å²) >= 11 is 0. The van der Waals surface area contributed by atoms with E-state index in [4.69, 9.17) is 4.74 Å². The Bertz CT molecular complexity index is 896. The van der Waals surface area contributed by atoms with Gasteiger partial charge in [0.1, 0.15) is 5.75 Å². The molecule has 2 aromatic carbocycles. The van der Waals surface area contributed by atoms with Gasteiger partial charge < -0.3 is 4.74 Å². The predicted octanol–water partition coefficient (Wildman–Crippen LogP) is 3.20. The van der Waals surface area contributed by atoms with E-state index >= 15 is 0 Å². The van der Waals surface area contributed by atoms with E-state index in [0.717, 1.165) is 10.9 Å². The summed E-state index contributed by atoms with van der Waals surface area (Å²) < 4.78 is 32.0. The van der Waals surface area contributed by atoms with E-state index in [0.29, 0.717) is 11.3 Å². The number of nitrogens with zero attached hydrogens (tertiary/aromatic N) is 1. The van der Waals surface area contributed by atoms with Crippen LogP contribution in [0.25, 0.3) is 10.9 Å². The van der Waals surface area contributed by atoms with Crippen molar-refractivity contribution in [2.75, 3.05) is 7.11 Å². The minimum absolute atomic E-state index is 0.267. The molecule has 0 amide bonds. The number of aryl methyl sites for hydroxylation is 1. The first-order valence-electron chi connectivity index (χ1n) is 6.50. The topological polar surface area (TPSA) is 48.3 Å². The number of benzene rings is 2. The summed E-state index contributed by atoms with van der Waals surface area (Å²) in [6.45, 7) is 1.93. The minimum Gasteiger partial charge on any atom is -0.497 e. The van der Waals surface area contributed by atoms with Gasteiger partial charge in [0.2, 0.25) is 0 Å². The molecule has 0 saturated heterocycles. The second-order valence-corrected chi connectivity index (χ2v) is 6.62. The highest BCUT2D eigenvalue weighted by molar-refractivity contribution is 7.90. The molecule has 0 N–H and O–H groups in total. The second-order valence-electron chi connectivity index (χ2n) is 4.81. The van der Waals surface area contributed by atoms with Gasteiger partial charge in [0.05, 0.1) is 17.5 Å². The zero-order valence-corrected chi connectivity index (χ0v) is 12.6. The fourth-order valence-electron chi connectivity index (χ4n) is 2.40. The summed E-state index contributed by atoms with van der Waals surface area (Å²) in [6, 6.07) is 13.8. The monoisotopic (exact) mass is 301 g/mol. The molecule has 0 fully saturated rings. The van der Waals surface area contributed by atoms with Crippen LogP contribution in [0.1, 0.15) is 5.56 Å². The quantitative estimate of drug-likeness (QED) is 0.746. The maximum Gasteiger partial charge on any atom is 0.268 e. The van der Waals surface area contributed by atoms with E-state index in [-0.39, 0.29) is 4.90 Å². The van der Waals surface area contributed by atoms with Crippen molar-refractivity contribution in [3.8, 4) is 5.75 Å². The zero-order valence-electron chi connectivity index (χ0n) is 11.8. The molecule has 0 radical (unpaired) electrons. The summed E-state index contributed by atoms with van der Waals surface area (Å²) in [6.07, 6.45) is 1.58. The Morgan fingerprint density at radius 2 is 1.76 bits per heavy atom. The number of ether oxygens (including phenoxy) is 1. The van der Waals surface area contributed by atoms with Crippen molar-refractivity contribution in [2.45, 2.75) is 11.8 Å². The van der Waals surface area contributed by atoms with Crippen molar-refractivity contribution >= 4 is 20.9 Å². The van der Waals surface area contributed by atoms with Crippen molar-refractivity contribution in [2.24, 2.45) is 0 Å². The SMILES string of the molecule is COc1cc(C)c2ccn(S(=O)(=O)c3ccccc3)c2c1. The van der Waals surface area contributed by atoms with Crippen LogP contribution in [0.3, 0.4) is 0 Å². The van der Waals surface area contributed by atoms with Crippen molar-refractivity contribution in [1.82, 2.24) is 3.97 Å². The average Bonchev–Trinajstić information content (AvgIpc) is 2.93. The number of fused-ring (bicyclic) bond motifs is 1. The highest BCUT2D eigenvalue weighted by Crippen LogP contribution is 2.28. The molecular weight excluding hydrogens is 286 g/mol. The van der Waals surface area contributed by atoms with Crippen LogP contribution in [0.15, 0.2) is 59.6 Å². The molecule has 1 aromatic heterocycles. The molecule has 108 valence electrons. The maximum absolute atomic E-state index is 12.7. The fraction of sp³-hybridized carbons (Fsp3) is 0.125. The van der Waals surface area contributed by atoms with E-state index in [2.05, 4.69) is 0 Å². The predicted molar refractivity (Wildman–Crippen MR) is 82.3 cm³/mol. The molecule has 3 aromatic rings. The molecule has 4 nitrogen and oxygen atoms in total. The number of methoxy groups -OCH3 is 1. The minimum atomic E-state index is -3.60. The molecule has 0 atom stereocenters. The molecule has 0 aliphatic carbocycles. The molecule has 5 heteroatoms. The van der Waals surface area contributed by atoms with Crippen LogP contribution in [-0.4, -0.2) is 19.5 Å². The standard InChI is InChI=1S/C16H15NO3S/c1-12-10-13(20-2)11-16-15(12)8-9-17(16)21(18,19)14-6-4-3-5-7-14/h3-11H,1-2H3. The summed E-state index contributed by atoms with van der Waals surface area (Å²) in [5.41, 5.74) is 1.60. The summed E-state index contributed by atoms with van der Waals surface area (Å²) in [5, 5.41) is 0.898. The largest absolute Gasteiger partial charge is 0.497 e. The molecule has 21 heavy (non-hydrogen) atoms. The average molecular weight is 301 g/mol. The number of hydrogen-bond donors (Lipinski definition) is 0. The Labute approximate surface area is 123 Å². The zero-order chi connectivity index (χ0) is 15.0. The maximum atomic E-state index is 12.7. The number of hydrogen-bond acceptors (Lipinski definition) is 3. The number of rotatable bonds is 3. The molecule has 0 aliphatic heterocycles. The van der Waals surface area contributed by atoms with E-state index in [9.17, 15) is 8.42 Å². The van der Waals surface area contributed by atoms with Gasteiger partial charge in [0.25, 0.3) is 10.0 Å². The van der Waals surface area contributed by atoms with E-state index < -0.39 is 10.0 Å². The third kappa shape index (κ3) is 2.19. The van der Waals surface area contributed by atoms with Gasteiger partial charge in [-0.15, -0.1) is 0 Å². The summed E-state index contributed by atoms with van der Waals surface area (Å²) in [7, 11) is -2.03. The van der Waals surface area contributed by atoms with Crippen molar-refractivity contribution in [3.05, 3.63) is 60.3 Å². The van der Waals surface area contributed by atoms with Gasteiger partial charge in [0.15, 0.2) is 0 Å². The first kappa shape index (κ1) is 13.7. The normalized spacial score (nSPS) is 11.7. The third-order valence-electron chi connectivity index (χ3n) is 3.49. The fourth-order valence-corrected chi connectivity index (χ4v) is 3.76. The van der Waals surface area contributed by atoms with E-state index in [1.165, 1.54) is 3.97 Å². The lowest BCUT2D eigenvalue weighted by molar-refractivity contribution is 0.415. The van der Waals surface area contributed by atoms with Gasteiger partial charge in [-0.25, -0.2) is 12.4 Å². The van der Waals surface area contributed by atoms with Crippen LogP contribution in [-0.2, 0) is 10.0 Å². The molecule has 0 bridgehead atoms. The Balaban J connectivity index is 2.29. The molecular formula is C16H15NO3S. The molecule has 0 aliphatic rings. The summed E-state index contributed by atoms with van der Waals surface area (Å²) in [5.74, 6) is 0.642. The van der Waals surface area contributed by atoms with Gasteiger partial charge >= 0.3 is 0 Å².